The van der Waals surface area contributed by atoms with E-state index in [-0.39, 0.29) is 49.3 Å². The molecule has 3 aromatic rings. The fourth-order valence-electron chi connectivity index (χ4n) is 5.25. The lowest BCUT2D eigenvalue weighted by Gasteiger charge is -2.32. The number of nitrogens with one attached hydrogen (secondary N) is 1. The molecule has 2 heterocycles. The van der Waals surface area contributed by atoms with E-state index in [1.165, 1.54) is 22.5 Å². The molecule has 0 radical (unpaired) electrons. The van der Waals surface area contributed by atoms with E-state index in [1.807, 2.05) is 32.0 Å². The number of amides is 1. The van der Waals surface area contributed by atoms with E-state index in [4.69, 9.17) is 14.2 Å². The van der Waals surface area contributed by atoms with Crippen molar-refractivity contribution in [2.75, 3.05) is 31.3 Å². The highest BCUT2D eigenvalue weighted by molar-refractivity contribution is 7.89. The molecule has 0 aliphatic carbocycles. The summed E-state index contributed by atoms with van der Waals surface area (Å²) in [5.74, 6) is -1.15. The number of ether oxygens (including phenoxy) is 3. The van der Waals surface area contributed by atoms with Crippen LogP contribution < -0.4 is 19.7 Å². The minimum absolute atomic E-state index is 0.0185. The molecule has 0 spiro atoms. The minimum atomic E-state index is -4.11. The standard InChI is InChI=1S/C31H35F2N3O8S/c1-19(2)15-35(45(40,41)22-9-11-27-28(14-22)43-18-42-27)16-26(37)24(12-20-6-4-3-5-7-20)34-30(38)29-17-36(31(39)44-29)25-10-8-21(32)13-23(25)33/h3-11,13-14,19,24,26,29-30,34,37-38H,12,15-18H2,1-2H3/t24-,26+,29-,30?/m0/s1. The Hall–Kier alpha value is -3.82. The maximum atomic E-state index is 14.4. The zero-order valence-corrected chi connectivity index (χ0v) is 25.5. The average Bonchev–Trinajstić information content (AvgIpc) is 3.63. The van der Waals surface area contributed by atoms with Crippen LogP contribution in [0.25, 0.3) is 0 Å². The molecule has 45 heavy (non-hydrogen) atoms. The molecule has 14 heteroatoms. The fourth-order valence-corrected chi connectivity index (χ4v) is 6.88. The Bertz CT molecular complexity index is 1610. The van der Waals surface area contributed by atoms with E-state index in [9.17, 15) is 32.2 Å². The van der Waals surface area contributed by atoms with Crippen molar-refractivity contribution in [3.63, 3.8) is 0 Å². The van der Waals surface area contributed by atoms with Crippen LogP contribution in [0.5, 0.6) is 11.5 Å². The summed E-state index contributed by atoms with van der Waals surface area (Å²) in [6.45, 7) is 3.18. The number of halogens is 2. The number of benzene rings is 3. The van der Waals surface area contributed by atoms with Crippen molar-refractivity contribution >= 4 is 21.8 Å². The molecule has 2 aliphatic rings. The van der Waals surface area contributed by atoms with Crippen LogP contribution in [-0.4, -0.2) is 79.9 Å². The van der Waals surface area contributed by atoms with Gasteiger partial charge in [0.1, 0.15) is 17.9 Å². The second kappa shape index (κ2) is 13.7. The van der Waals surface area contributed by atoms with Gasteiger partial charge in [-0.3, -0.25) is 10.2 Å². The van der Waals surface area contributed by atoms with Gasteiger partial charge in [-0.1, -0.05) is 44.2 Å². The van der Waals surface area contributed by atoms with Crippen LogP contribution in [0.4, 0.5) is 19.3 Å². The summed E-state index contributed by atoms with van der Waals surface area (Å²) in [6.07, 6.45) is -4.82. The molecular weight excluding hydrogens is 612 g/mol. The smallest absolute Gasteiger partial charge is 0.414 e. The molecule has 1 unspecified atom stereocenters. The number of hydrogen-bond acceptors (Lipinski definition) is 9. The first-order valence-electron chi connectivity index (χ1n) is 14.4. The Morgan fingerprint density at radius 2 is 1.73 bits per heavy atom. The molecule has 242 valence electrons. The zero-order valence-electron chi connectivity index (χ0n) is 24.7. The SMILES string of the molecule is CC(C)CN(C[C@@H](O)[C@H](Cc1ccccc1)NC(O)[C@@H]1CN(c2ccc(F)cc2F)C(=O)O1)S(=O)(=O)c1ccc2c(c1)OCO2. The summed E-state index contributed by atoms with van der Waals surface area (Å²) in [5.41, 5.74) is 0.573. The van der Waals surface area contributed by atoms with E-state index < -0.39 is 52.2 Å². The number of cyclic esters (lactones) is 1. The summed E-state index contributed by atoms with van der Waals surface area (Å²) < 4.78 is 72.5. The van der Waals surface area contributed by atoms with Gasteiger partial charge < -0.3 is 24.4 Å². The topological polar surface area (TPSA) is 138 Å². The highest BCUT2D eigenvalue weighted by Gasteiger charge is 2.40. The van der Waals surface area contributed by atoms with Gasteiger partial charge in [-0.15, -0.1) is 0 Å². The lowest BCUT2D eigenvalue weighted by atomic mass is 10.00. The van der Waals surface area contributed by atoms with E-state index in [0.717, 1.165) is 22.6 Å². The quantitative estimate of drug-likeness (QED) is 0.239. The highest BCUT2D eigenvalue weighted by Crippen LogP contribution is 2.35. The number of carbonyl (C=O) groups excluding carboxylic acids is 1. The molecule has 11 nitrogen and oxygen atoms in total. The monoisotopic (exact) mass is 647 g/mol. The van der Waals surface area contributed by atoms with Crippen LogP contribution >= 0.6 is 0 Å². The number of aliphatic hydroxyl groups excluding tert-OH is 2. The number of rotatable bonds is 13. The number of anilines is 1. The number of nitrogens with zero attached hydrogens (tertiary/aromatic N) is 2. The van der Waals surface area contributed by atoms with E-state index >= 15 is 0 Å². The lowest BCUT2D eigenvalue weighted by Crippen LogP contribution is -2.55. The number of sulfonamides is 1. The maximum Gasteiger partial charge on any atom is 0.414 e. The predicted molar refractivity (Wildman–Crippen MR) is 159 cm³/mol. The van der Waals surface area contributed by atoms with Crippen molar-refractivity contribution < 1.29 is 46.4 Å². The molecule has 0 saturated carbocycles. The van der Waals surface area contributed by atoms with Gasteiger partial charge in [0, 0.05) is 31.3 Å². The average molecular weight is 648 g/mol. The van der Waals surface area contributed by atoms with Crippen LogP contribution in [-0.2, 0) is 21.2 Å². The Labute approximate surface area is 260 Å². The Morgan fingerprint density at radius 3 is 2.44 bits per heavy atom. The first kappa shape index (κ1) is 32.6. The molecule has 1 amide bonds. The van der Waals surface area contributed by atoms with Crippen molar-refractivity contribution in [1.82, 2.24) is 9.62 Å². The van der Waals surface area contributed by atoms with E-state index in [2.05, 4.69) is 5.32 Å². The molecule has 3 aromatic carbocycles. The van der Waals surface area contributed by atoms with Gasteiger partial charge in [0.25, 0.3) is 0 Å². The Kier molecular flexibility index (Phi) is 9.89. The molecule has 0 aromatic heterocycles. The molecular formula is C31H35F2N3O8S. The summed E-state index contributed by atoms with van der Waals surface area (Å²) >= 11 is 0. The molecule has 1 fully saturated rings. The van der Waals surface area contributed by atoms with Gasteiger partial charge in [-0.05, 0) is 42.2 Å². The Balaban J connectivity index is 1.36. The summed E-state index contributed by atoms with van der Waals surface area (Å²) in [6, 6.07) is 15.2. The second-order valence-corrected chi connectivity index (χ2v) is 13.3. The second-order valence-electron chi connectivity index (χ2n) is 11.3. The van der Waals surface area contributed by atoms with Gasteiger partial charge in [0.05, 0.1) is 23.2 Å². The van der Waals surface area contributed by atoms with Gasteiger partial charge in [0.15, 0.2) is 17.6 Å². The van der Waals surface area contributed by atoms with Crippen molar-refractivity contribution in [3.8, 4) is 11.5 Å². The number of fused-ring (bicyclic) bond motifs is 1. The van der Waals surface area contributed by atoms with Crippen molar-refractivity contribution in [1.29, 1.82) is 0 Å². The molecule has 4 atom stereocenters. The third-order valence-corrected chi connectivity index (χ3v) is 9.30. The predicted octanol–water partition coefficient (Wildman–Crippen LogP) is 3.25. The maximum absolute atomic E-state index is 14.4. The zero-order chi connectivity index (χ0) is 32.3. The van der Waals surface area contributed by atoms with Crippen molar-refractivity contribution in [3.05, 3.63) is 83.9 Å². The van der Waals surface area contributed by atoms with Crippen LogP contribution in [0, 0.1) is 17.6 Å². The van der Waals surface area contributed by atoms with Gasteiger partial charge >= 0.3 is 6.09 Å². The van der Waals surface area contributed by atoms with Crippen LogP contribution in [0.2, 0.25) is 0 Å². The Morgan fingerprint density at radius 1 is 1.00 bits per heavy atom. The van der Waals surface area contributed by atoms with Crippen molar-refractivity contribution in [2.45, 2.75) is 49.6 Å². The third kappa shape index (κ3) is 7.53. The van der Waals surface area contributed by atoms with Gasteiger partial charge in [-0.2, -0.15) is 4.31 Å². The molecule has 0 bridgehead atoms. The molecule has 1 saturated heterocycles. The highest BCUT2D eigenvalue weighted by atomic mass is 32.2. The van der Waals surface area contributed by atoms with Crippen LogP contribution in [0.3, 0.4) is 0 Å². The number of aliphatic hydroxyl groups is 2. The normalized spacial score (nSPS) is 18.4. The third-order valence-electron chi connectivity index (χ3n) is 7.48. The summed E-state index contributed by atoms with van der Waals surface area (Å²) in [7, 11) is -4.11. The van der Waals surface area contributed by atoms with Crippen molar-refractivity contribution in [2.24, 2.45) is 5.92 Å². The largest absolute Gasteiger partial charge is 0.454 e. The fraction of sp³-hybridized carbons (Fsp3) is 0.387. The van der Waals surface area contributed by atoms with E-state index in [0.29, 0.717) is 17.6 Å². The first-order valence-corrected chi connectivity index (χ1v) is 15.9. The summed E-state index contributed by atoms with van der Waals surface area (Å²) in [4.78, 5) is 13.5. The lowest BCUT2D eigenvalue weighted by molar-refractivity contribution is -0.0119. The van der Waals surface area contributed by atoms with Crippen LogP contribution in [0.1, 0.15) is 19.4 Å². The van der Waals surface area contributed by atoms with Gasteiger partial charge in [0.2, 0.25) is 16.8 Å². The molecule has 5 rings (SSSR count). The van der Waals surface area contributed by atoms with E-state index in [1.54, 1.807) is 12.1 Å². The minimum Gasteiger partial charge on any atom is -0.454 e. The number of hydrogen-bond donors (Lipinski definition) is 3. The number of carbonyl (C=O) groups is 1. The first-order chi connectivity index (χ1) is 21.4. The van der Waals surface area contributed by atoms with Gasteiger partial charge in [-0.25, -0.2) is 22.0 Å². The molecule has 2 aliphatic heterocycles. The summed E-state index contributed by atoms with van der Waals surface area (Å²) in [5, 5.41) is 25.5. The molecule has 3 N–H and O–H groups in total. The van der Waals surface area contributed by atoms with Crippen LogP contribution in [0.15, 0.2) is 71.6 Å².